The monoisotopic (exact) mass is 186 g/mol. The van der Waals surface area contributed by atoms with Gasteiger partial charge in [0.15, 0.2) is 5.28 Å². The van der Waals surface area contributed by atoms with Crippen LogP contribution in [0.5, 0.6) is 0 Å². The number of hydrogen-bond acceptors (Lipinski definition) is 2. The maximum absolute atomic E-state index is 5.68. The molecule has 0 atom stereocenters. The molecule has 1 aliphatic rings. The molecule has 1 aromatic heterocycles. The standard InChI is InChI=1S/C8H11ClN2O/c9-8-10-5-7(11-8)6-1-3-12-4-2-6/h5-6H,1-4H2,(H,10,11). The molecule has 3 nitrogen and oxygen atoms in total. The molecule has 0 radical (unpaired) electrons. The Labute approximate surface area is 76.1 Å². The van der Waals surface area contributed by atoms with Crippen LogP contribution in [0.15, 0.2) is 6.20 Å². The minimum atomic E-state index is 0.483. The quantitative estimate of drug-likeness (QED) is 0.728. The number of aromatic nitrogens is 2. The lowest BCUT2D eigenvalue weighted by Gasteiger charge is -2.20. The summed E-state index contributed by atoms with van der Waals surface area (Å²) >= 11 is 5.68. The molecule has 0 amide bonds. The summed E-state index contributed by atoms with van der Waals surface area (Å²) in [5.41, 5.74) is 1.14. The molecule has 4 heteroatoms. The van der Waals surface area contributed by atoms with Crippen LogP contribution in [0, 0.1) is 0 Å². The van der Waals surface area contributed by atoms with Crippen molar-refractivity contribution in [3.63, 3.8) is 0 Å². The van der Waals surface area contributed by atoms with Gasteiger partial charge >= 0.3 is 0 Å². The predicted molar refractivity (Wildman–Crippen MR) is 46.4 cm³/mol. The zero-order chi connectivity index (χ0) is 8.39. The summed E-state index contributed by atoms with van der Waals surface area (Å²) in [6, 6.07) is 0. The van der Waals surface area contributed by atoms with Crippen LogP contribution in [0.3, 0.4) is 0 Å². The van der Waals surface area contributed by atoms with E-state index in [4.69, 9.17) is 16.3 Å². The van der Waals surface area contributed by atoms with Gasteiger partial charge in [0.2, 0.25) is 0 Å². The molecule has 12 heavy (non-hydrogen) atoms. The molecule has 0 unspecified atom stereocenters. The van der Waals surface area contributed by atoms with Gasteiger partial charge < -0.3 is 9.72 Å². The number of imidazole rings is 1. The zero-order valence-corrected chi connectivity index (χ0v) is 7.47. The summed E-state index contributed by atoms with van der Waals surface area (Å²) in [5.74, 6) is 0.554. The minimum absolute atomic E-state index is 0.483. The van der Waals surface area contributed by atoms with Gasteiger partial charge in [-0.3, -0.25) is 0 Å². The van der Waals surface area contributed by atoms with Crippen molar-refractivity contribution in [2.24, 2.45) is 0 Å². The van der Waals surface area contributed by atoms with Gasteiger partial charge in [-0.1, -0.05) is 0 Å². The molecule has 2 rings (SSSR count). The number of nitrogens with one attached hydrogen (secondary N) is 1. The van der Waals surface area contributed by atoms with E-state index < -0.39 is 0 Å². The highest BCUT2D eigenvalue weighted by Gasteiger charge is 2.17. The lowest BCUT2D eigenvalue weighted by Crippen LogP contribution is -2.14. The molecular formula is C8H11ClN2O. The summed E-state index contributed by atoms with van der Waals surface area (Å²) in [6.45, 7) is 1.70. The molecule has 0 saturated carbocycles. The van der Waals surface area contributed by atoms with E-state index in [2.05, 4.69) is 9.97 Å². The SMILES string of the molecule is Clc1ncc(C2CCOCC2)[nH]1. The van der Waals surface area contributed by atoms with Gasteiger partial charge in [-0.25, -0.2) is 4.98 Å². The first-order chi connectivity index (χ1) is 5.86. The summed E-state index contributed by atoms with van der Waals surface area (Å²) in [7, 11) is 0. The Hall–Kier alpha value is -0.540. The van der Waals surface area contributed by atoms with Gasteiger partial charge in [0, 0.05) is 31.0 Å². The number of H-pyrrole nitrogens is 1. The fraction of sp³-hybridized carbons (Fsp3) is 0.625. The zero-order valence-electron chi connectivity index (χ0n) is 6.72. The third-order valence-corrected chi connectivity index (χ3v) is 2.42. The van der Waals surface area contributed by atoms with Crippen LogP contribution in [-0.4, -0.2) is 23.2 Å². The Bertz CT molecular complexity index is 255. The Kier molecular flexibility index (Phi) is 2.33. The van der Waals surface area contributed by atoms with Gasteiger partial charge in [-0.2, -0.15) is 0 Å². The van der Waals surface area contributed by atoms with Crippen LogP contribution >= 0.6 is 11.6 Å². The van der Waals surface area contributed by atoms with Crippen LogP contribution in [0.25, 0.3) is 0 Å². The second-order valence-electron chi connectivity index (χ2n) is 3.02. The van der Waals surface area contributed by atoms with E-state index in [0.717, 1.165) is 31.7 Å². The average molecular weight is 187 g/mol. The first kappa shape index (κ1) is 8.08. The number of rotatable bonds is 1. The summed E-state index contributed by atoms with van der Waals surface area (Å²) in [5, 5.41) is 0.483. The van der Waals surface area contributed by atoms with Crippen LogP contribution in [-0.2, 0) is 4.74 Å². The lowest BCUT2D eigenvalue weighted by atomic mass is 9.97. The van der Waals surface area contributed by atoms with Gasteiger partial charge in [0.25, 0.3) is 0 Å². The summed E-state index contributed by atoms with van der Waals surface area (Å²) in [6.07, 6.45) is 3.95. The Morgan fingerprint density at radius 2 is 2.25 bits per heavy atom. The first-order valence-electron chi connectivity index (χ1n) is 4.14. The highest BCUT2D eigenvalue weighted by molar-refractivity contribution is 6.28. The minimum Gasteiger partial charge on any atom is -0.381 e. The molecule has 2 heterocycles. The number of ether oxygens (including phenoxy) is 1. The second kappa shape index (κ2) is 3.46. The molecule has 0 aliphatic carbocycles. The number of hydrogen-bond donors (Lipinski definition) is 1. The van der Waals surface area contributed by atoms with E-state index in [1.165, 1.54) is 0 Å². The van der Waals surface area contributed by atoms with E-state index in [9.17, 15) is 0 Å². The van der Waals surface area contributed by atoms with Crippen LogP contribution in [0.1, 0.15) is 24.5 Å². The van der Waals surface area contributed by atoms with Crippen molar-refractivity contribution in [3.05, 3.63) is 17.2 Å². The highest BCUT2D eigenvalue weighted by Crippen LogP contribution is 2.25. The molecule has 1 fully saturated rings. The van der Waals surface area contributed by atoms with E-state index >= 15 is 0 Å². The molecule has 0 aromatic carbocycles. The summed E-state index contributed by atoms with van der Waals surface area (Å²) < 4.78 is 5.26. The van der Waals surface area contributed by atoms with E-state index in [1.807, 2.05) is 6.20 Å². The molecule has 1 N–H and O–H groups in total. The second-order valence-corrected chi connectivity index (χ2v) is 3.37. The van der Waals surface area contributed by atoms with Crippen molar-refractivity contribution in [1.82, 2.24) is 9.97 Å². The predicted octanol–water partition coefficient (Wildman–Crippen LogP) is 1.96. The molecule has 1 saturated heterocycles. The lowest BCUT2D eigenvalue weighted by molar-refractivity contribution is 0.0846. The normalized spacial score (nSPS) is 19.8. The Balaban J connectivity index is 2.08. The fourth-order valence-electron chi connectivity index (χ4n) is 1.53. The van der Waals surface area contributed by atoms with Gasteiger partial charge in [0.05, 0.1) is 0 Å². The van der Waals surface area contributed by atoms with E-state index in [0.29, 0.717) is 11.2 Å². The number of aromatic amines is 1. The van der Waals surface area contributed by atoms with Gasteiger partial charge in [-0.05, 0) is 24.4 Å². The smallest absolute Gasteiger partial charge is 0.200 e. The van der Waals surface area contributed by atoms with Crippen molar-refractivity contribution >= 4 is 11.6 Å². The maximum atomic E-state index is 5.68. The molecule has 0 bridgehead atoms. The molecular weight excluding hydrogens is 176 g/mol. The fourth-order valence-corrected chi connectivity index (χ4v) is 1.68. The third kappa shape index (κ3) is 1.62. The van der Waals surface area contributed by atoms with Gasteiger partial charge in [0.1, 0.15) is 0 Å². The Morgan fingerprint density at radius 3 is 2.83 bits per heavy atom. The topological polar surface area (TPSA) is 37.9 Å². The van der Waals surface area contributed by atoms with Crippen LogP contribution < -0.4 is 0 Å². The summed E-state index contributed by atoms with van der Waals surface area (Å²) in [4.78, 5) is 7.01. The highest BCUT2D eigenvalue weighted by atomic mass is 35.5. The van der Waals surface area contributed by atoms with Crippen molar-refractivity contribution < 1.29 is 4.74 Å². The number of nitrogens with zero attached hydrogens (tertiary/aromatic N) is 1. The van der Waals surface area contributed by atoms with Crippen molar-refractivity contribution in [1.29, 1.82) is 0 Å². The van der Waals surface area contributed by atoms with Crippen LogP contribution in [0.2, 0.25) is 5.28 Å². The van der Waals surface area contributed by atoms with Crippen molar-refractivity contribution in [3.8, 4) is 0 Å². The van der Waals surface area contributed by atoms with Crippen molar-refractivity contribution in [2.75, 3.05) is 13.2 Å². The molecule has 66 valence electrons. The van der Waals surface area contributed by atoms with Crippen molar-refractivity contribution in [2.45, 2.75) is 18.8 Å². The van der Waals surface area contributed by atoms with Gasteiger partial charge in [-0.15, -0.1) is 0 Å². The average Bonchev–Trinajstić information content (AvgIpc) is 2.54. The molecule has 1 aliphatic heterocycles. The molecule has 1 aromatic rings. The Morgan fingerprint density at radius 1 is 1.50 bits per heavy atom. The largest absolute Gasteiger partial charge is 0.381 e. The number of halogens is 1. The first-order valence-corrected chi connectivity index (χ1v) is 4.52. The van der Waals surface area contributed by atoms with E-state index in [1.54, 1.807) is 0 Å². The third-order valence-electron chi connectivity index (χ3n) is 2.23. The molecule has 0 spiro atoms. The van der Waals surface area contributed by atoms with E-state index in [-0.39, 0.29) is 0 Å². The maximum Gasteiger partial charge on any atom is 0.200 e. The van der Waals surface area contributed by atoms with Crippen LogP contribution in [0.4, 0.5) is 0 Å².